The molecule has 2 rings (SSSR count). The number of fused-ring (bicyclic) bond motifs is 1. The summed E-state index contributed by atoms with van der Waals surface area (Å²) in [7, 11) is 0. The molecule has 0 saturated carbocycles. The lowest BCUT2D eigenvalue weighted by molar-refractivity contribution is -0.165. The Hall–Kier alpha value is -1.96. The van der Waals surface area contributed by atoms with E-state index in [1.54, 1.807) is 18.2 Å². The molecule has 4 nitrogen and oxygen atoms in total. The summed E-state index contributed by atoms with van der Waals surface area (Å²) in [6.07, 6.45) is -4.37. The van der Waals surface area contributed by atoms with Gasteiger partial charge in [-0.3, -0.25) is 9.59 Å². The average Bonchev–Trinajstić information content (AvgIpc) is 2.68. The maximum Gasteiger partial charge on any atom is 0.454 e. The lowest BCUT2D eigenvalue weighted by Gasteiger charge is -2.03. The maximum absolute atomic E-state index is 12.2. The Bertz CT molecular complexity index is 611. The number of benzene rings is 1. The SMILES string of the molecule is CC(=O)Nc1ccc2c(c1)S/C(=C/C(=O)C(F)(F)F)N2. The van der Waals surface area contributed by atoms with Crippen LogP contribution in [-0.2, 0) is 9.59 Å². The third-order valence-corrected chi connectivity index (χ3v) is 3.32. The number of carbonyl (C=O) groups is 2. The molecule has 0 radical (unpaired) electrons. The standard InChI is InChI=1S/C12H9F3N2O2S/c1-6(18)16-7-2-3-8-9(4-7)20-11(17-8)5-10(19)12(13,14)15/h2-5,17H,1H3,(H,16,18)/b11-5+. The highest BCUT2D eigenvalue weighted by Gasteiger charge is 2.37. The summed E-state index contributed by atoms with van der Waals surface area (Å²) in [4.78, 5) is 22.4. The molecule has 2 N–H and O–H groups in total. The molecule has 1 aliphatic rings. The van der Waals surface area contributed by atoms with E-state index in [4.69, 9.17) is 0 Å². The third-order valence-electron chi connectivity index (χ3n) is 2.32. The van der Waals surface area contributed by atoms with E-state index >= 15 is 0 Å². The van der Waals surface area contributed by atoms with Gasteiger partial charge in [-0.05, 0) is 18.2 Å². The van der Waals surface area contributed by atoms with Crippen LogP contribution in [0.3, 0.4) is 0 Å². The van der Waals surface area contributed by atoms with Gasteiger partial charge in [0.15, 0.2) is 0 Å². The van der Waals surface area contributed by atoms with Crippen molar-refractivity contribution in [2.75, 3.05) is 10.6 Å². The summed E-state index contributed by atoms with van der Waals surface area (Å²) in [6, 6.07) is 4.85. The zero-order valence-electron chi connectivity index (χ0n) is 10.2. The molecule has 0 bridgehead atoms. The molecule has 106 valence electrons. The maximum atomic E-state index is 12.2. The monoisotopic (exact) mass is 302 g/mol. The van der Waals surface area contributed by atoms with Gasteiger partial charge in [0.1, 0.15) is 0 Å². The smallest absolute Gasteiger partial charge is 0.349 e. The van der Waals surface area contributed by atoms with E-state index in [2.05, 4.69) is 10.6 Å². The van der Waals surface area contributed by atoms with Gasteiger partial charge in [-0.1, -0.05) is 11.8 Å². The number of rotatable bonds is 2. The molecule has 0 saturated heterocycles. The summed E-state index contributed by atoms with van der Waals surface area (Å²) in [6.45, 7) is 1.35. The van der Waals surface area contributed by atoms with E-state index in [0.717, 1.165) is 11.8 Å². The average molecular weight is 302 g/mol. The summed E-state index contributed by atoms with van der Waals surface area (Å²) in [5.74, 6) is -2.16. The minimum absolute atomic E-state index is 0.0994. The van der Waals surface area contributed by atoms with Crippen LogP contribution in [-0.4, -0.2) is 17.9 Å². The number of ketones is 1. The lowest BCUT2D eigenvalue weighted by Crippen LogP contribution is -2.20. The number of hydrogen-bond donors (Lipinski definition) is 2. The van der Waals surface area contributed by atoms with Crippen molar-refractivity contribution in [3.8, 4) is 0 Å². The molecule has 1 aromatic rings. The van der Waals surface area contributed by atoms with Crippen LogP contribution in [0.2, 0.25) is 0 Å². The van der Waals surface area contributed by atoms with Crippen molar-refractivity contribution in [1.29, 1.82) is 0 Å². The van der Waals surface area contributed by atoms with Gasteiger partial charge in [0.25, 0.3) is 5.78 Å². The Balaban J connectivity index is 2.17. The Kier molecular flexibility index (Phi) is 3.76. The van der Waals surface area contributed by atoms with Gasteiger partial charge >= 0.3 is 6.18 Å². The number of anilines is 2. The normalized spacial score (nSPS) is 15.7. The minimum Gasteiger partial charge on any atom is -0.349 e. The van der Waals surface area contributed by atoms with Gasteiger partial charge < -0.3 is 10.6 Å². The number of amides is 1. The first-order chi connectivity index (χ1) is 9.25. The predicted molar refractivity (Wildman–Crippen MR) is 69.4 cm³/mol. The van der Waals surface area contributed by atoms with E-state index in [0.29, 0.717) is 22.3 Å². The highest BCUT2D eigenvalue weighted by molar-refractivity contribution is 8.03. The van der Waals surface area contributed by atoms with Crippen molar-refractivity contribution in [1.82, 2.24) is 0 Å². The molecular formula is C12H9F3N2O2S. The number of carbonyl (C=O) groups excluding carboxylic acids is 2. The molecule has 0 aromatic heterocycles. The Morgan fingerprint density at radius 3 is 2.65 bits per heavy atom. The molecule has 1 heterocycles. The van der Waals surface area contributed by atoms with E-state index in [1.165, 1.54) is 6.92 Å². The van der Waals surface area contributed by atoms with Gasteiger partial charge in [0.2, 0.25) is 5.91 Å². The van der Waals surface area contributed by atoms with Gasteiger partial charge in [-0.25, -0.2) is 0 Å². The van der Waals surface area contributed by atoms with Crippen molar-refractivity contribution in [2.24, 2.45) is 0 Å². The summed E-state index contributed by atoms with van der Waals surface area (Å²) < 4.78 is 36.5. The van der Waals surface area contributed by atoms with Gasteiger partial charge in [0.05, 0.1) is 10.7 Å². The van der Waals surface area contributed by atoms with Crippen LogP contribution in [0.4, 0.5) is 24.5 Å². The Morgan fingerprint density at radius 2 is 2.05 bits per heavy atom. The highest BCUT2D eigenvalue weighted by atomic mass is 32.2. The van der Waals surface area contributed by atoms with Crippen LogP contribution in [0, 0.1) is 0 Å². The van der Waals surface area contributed by atoms with E-state index in [1.807, 2.05) is 0 Å². The fourth-order valence-corrected chi connectivity index (χ4v) is 2.51. The Morgan fingerprint density at radius 1 is 1.35 bits per heavy atom. The summed E-state index contributed by atoms with van der Waals surface area (Å²) in [5.41, 5.74) is 1.12. The topological polar surface area (TPSA) is 58.2 Å². The first-order valence-corrected chi connectivity index (χ1v) is 6.27. The number of thioether (sulfide) groups is 1. The van der Waals surface area contributed by atoms with Crippen molar-refractivity contribution in [3.05, 3.63) is 29.3 Å². The fourth-order valence-electron chi connectivity index (χ4n) is 1.53. The number of allylic oxidation sites excluding steroid dienone is 1. The quantitative estimate of drug-likeness (QED) is 0.824. The van der Waals surface area contributed by atoms with Crippen molar-refractivity contribution in [2.45, 2.75) is 18.0 Å². The molecule has 0 aliphatic carbocycles. The molecule has 0 atom stereocenters. The largest absolute Gasteiger partial charge is 0.454 e. The fraction of sp³-hybridized carbons (Fsp3) is 0.167. The molecule has 8 heteroatoms. The number of nitrogens with one attached hydrogen (secondary N) is 2. The van der Waals surface area contributed by atoms with Gasteiger partial charge in [-0.2, -0.15) is 13.2 Å². The van der Waals surface area contributed by atoms with Crippen LogP contribution >= 0.6 is 11.8 Å². The molecular weight excluding hydrogens is 293 g/mol. The van der Waals surface area contributed by atoms with Crippen LogP contribution in [0.25, 0.3) is 0 Å². The number of halogens is 3. The van der Waals surface area contributed by atoms with Crippen molar-refractivity contribution in [3.63, 3.8) is 0 Å². The van der Waals surface area contributed by atoms with Gasteiger partial charge in [-0.15, -0.1) is 0 Å². The first-order valence-electron chi connectivity index (χ1n) is 5.45. The van der Waals surface area contributed by atoms with E-state index < -0.39 is 12.0 Å². The molecule has 0 spiro atoms. The number of alkyl halides is 3. The molecule has 20 heavy (non-hydrogen) atoms. The lowest BCUT2D eigenvalue weighted by atomic mass is 10.2. The van der Waals surface area contributed by atoms with Crippen LogP contribution in [0.5, 0.6) is 0 Å². The number of hydrogen-bond acceptors (Lipinski definition) is 4. The van der Waals surface area contributed by atoms with Crippen LogP contribution < -0.4 is 10.6 Å². The van der Waals surface area contributed by atoms with Crippen LogP contribution in [0.1, 0.15) is 6.92 Å². The highest BCUT2D eigenvalue weighted by Crippen LogP contribution is 2.42. The van der Waals surface area contributed by atoms with Crippen molar-refractivity contribution < 1.29 is 22.8 Å². The molecule has 1 aromatic carbocycles. The van der Waals surface area contributed by atoms with E-state index in [9.17, 15) is 22.8 Å². The minimum atomic E-state index is -4.88. The third kappa shape index (κ3) is 3.32. The zero-order chi connectivity index (χ0) is 14.9. The molecule has 0 unspecified atom stereocenters. The van der Waals surface area contributed by atoms with Gasteiger partial charge in [0, 0.05) is 23.6 Å². The second kappa shape index (κ2) is 5.20. The Labute approximate surface area is 116 Å². The summed E-state index contributed by atoms with van der Waals surface area (Å²) >= 11 is 1.000. The molecule has 1 amide bonds. The molecule has 0 fully saturated rings. The second-order valence-corrected chi connectivity index (χ2v) is 5.07. The molecule has 1 aliphatic heterocycles. The second-order valence-electron chi connectivity index (χ2n) is 3.99. The van der Waals surface area contributed by atoms with Crippen molar-refractivity contribution >= 4 is 34.8 Å². The zero-order valence-corrected chi connectivity index (χ0v) is 11.0. The van der Waals surface area contributed by atoms with Crippen LogP contribution in [0.15, 0.2) is 34.2 Å². The predicted octanol–water partition coefficient (Wildman–Crippen LogP) is 3.14. The summed E-state index contributed by atoms with van der Waals surface area (Å²) in [5, 5.41) is 5.38. The first kappa shape index (κ1) is 14.4. The van der Waals surface area contributed by atoms with E-state index in [-0.39, 0.29) is 10.9 Å².